The molecule has 5 heteroatoms. The lowest BCUT2D eigenvalue weighted by Crippen LogP contribution is -2.37. The Kier molecular flexibility index (Phi) is 2.77. The molecular formula is C14H17N3O2. The van der Waals surface area contributed by atoms with E-state index < -0.39 is 0 Å². The first-order valence-electron chi connectivity index (χ1n) is 6.68. The zero-order valence-corrected chi connectivity index (χ0v) is 11.3. The molecule has 0 saturated heterocycles. The molecule has 19 heavy (non-hydrogen) atoms. The van der Waals surface area contributed by atoms with Crippen LogP contribution in [-0.2, 0) is 26.9 Å². The smallest absolute Gasteiger partial charge is 0.280 e. The molecule has 2 aromatic heterocycles. The van der Waals surface area contributed by atoms with E-state index in [1.165, 1.54) is 23.6 Å². The summed E-state index contributed by atoms with van der Waals surface area (Å²) in [7, 11) is 3.18. The number of fused-ring (bicyclic) bond motifs is 2. The third kappa shape index (κ3) is 1.80. The fraction of sp³-hybridized carbons (Fsp3) is 0.500. The fourth-order valence-electron chi connectivity index (χ4n) is 2.80. The maximum Gasteiger partial charge on any atom is 0.332 e. The lowest BCUT2D eigenvalue weighted by Gasteiger charge is -2.10. The molecule has 2 aromatic rings. The summed E-state index contributed by atoms with van der Waals surface area (Å²) >= 11 is 0. The van der Waals surface area contributed by atoms with Crippen molar-refractivity contribution < 1.29 is 0 Å². The number of aromatic nitrogens is 3. The van der Waals surface area contributed by atoms with Crippen molar-refractivity contribution in [2.45, 2.75) is 32.1 Å². The van der Waals surface area contributed by atoms with Crippen molar-refractivity contribution >= 4 is 11.0 Å². The van der Waals surface area contributed by atoms with Crippen LogP contribution < -0.4 is 11.2 Å². The zero-order chi connectivity index (χ0) is 13.6. The molecule has 0 bridgehead atoms. The van der Waals surface area contributed by atoms with Crippen LogP contribution in [0.2, 0.25) is 0 Å². The minimum absolute atomic E-state index is 0.252. The van der Waals surface area contributed by atoms with Gasteiger partial charge in [-0.25, -0.2) is 9.78 Å². The highest BCUT2D eigenvalue weighted by Gasteiger charge is 2.15. The largest absolute Gasteiger partial charge is 0.332 e. The van der Waals surface area contributed by atoms with Gasteiger partial charge < -0.3 is 0 Å². The maximum atomic E-state index is 12.2. The van der Waals surface area contributed by atoms with Crippen LogP contribution in [0.4, 0.5) is 0 Å². The molecule has 0 saturated carbocycles. The number of hydrogen-bond acceptors (Lipinski definition) is 3. The summed E-state index contributed by atoms with van der Waals surface area (Å²) in [5.41, 5.74) is 2.15. The van der Waals surface area contributed by atoms with E-state index in [9.17, 15) is 9.59 Å². The van der Waals surface area contributed by atoms with Crippen LogP contribution in [-0.4, -0.2) is 14.1 Å². The topological polar surface area (TPSA) is 56.9 Å². The Balaban J connectivity index is 2.42. The van der Waals surface area contributed by atoms with E-state index in [2.05, 4.69) is 4.98 Å². The Hall–Kier alpha value is -1.91. The van der Waals surface area contributed by atoms with E-state index in [0.29, 0.717) is 11.0 Å². The minimum atomic E-state index is -0.321. The molecule has 0 aliphatic heterocycles. The second-order valence-electron chi connectivity index (χ2n) is 5.23. The summed E-state index contributed by atoms with van der Waals surface area (Å²) in [5.74, 6) is 0. The number of aryl methyl sites for hydroxylation is 3. The van der Waals surface area contributed by atoms with Crippen molar-refractivity contribution in [3.8, 4) is 0 Å². The molecule has 2 heterocycles. The van der Waals surface area contributed by atoms with E-state index in [0.717, 1.165) is 35.9 Å². The van der Waals surface area contributed by atoms with Gasteiger partial charge in [0.2, 0.25) is 0 Å². The maximum absolute atomic E-state index is 12.2. The molecular weight excluding hydrogens is 242 g/mol. The highest BCUT2D eigenvalue weighted by atomic mass is 16.2. The molecule has 0 unspecified atom stereocenters. The average Bonchev–Trinajstić information content (AvgIpc) is 2.65. The summed E-state index contributed by atoms with van der Waals surface area (Å²) in [6.07, 6.45) is 5.39. The van der Waals surface area contributed by atoms with E-state index in [-0.39, 0.29) is 11.2 Å². The first-order chi connectivity index (χ1) is 9.09. The van der Waals surface area contributed by atoms with E-state index >= 15 is 0 Å². The summed E-state index contributed by atoms with van der Waals surface area (Å²) < 4.78 is 2.61. The van der Waals surface area contributed by atoms with Crippen LogP contribution >= 0.6 is 0 Å². The van der Waals surface area contributed by atoms with Crippen molar-refractivity contribution in [1.82, 2.24) is 14.1 Å². The predicted octanol–water partition coefficient (Wildman–Crippen LogP) is 0.901. The van der Waals surface area contributed by atoms with Crippen LogP contribution in [0, 0.1) is 0 Å². The SMILES string of the molecule is Cn1c(=O)c2cc3c(nc2n(C)c1=O)CCCCC3. The van der Waals surface area contributed by atoms with Gasteiger partial charge in [-0.05, 0) is 37.3 Å². The summed E-state index contributed by atoms with van der Waals surface area (Å²) in [6, 6.07) is 1.94. The van der Waals surface area contributed by atoms with Crippen LogP contribution in [0.5, 0.6) is 0 Å². The predicted molar refractivity (Wildman–Crippen MR) is 73.5 cm³/mol. The summed E-state index contributed by atoms with van der Waals surface area (Å²) in [4.78, 5) is 28.7. The van der Waals surface area contributed by atoms with Crippen LogP contribution in [0.25, 0.3) is 11.0 Å². The molecule has 100 valence electrons. The average molecular weight is 259 g/mol. The van der Waals surface area contributed by atoms with Gasteiger partial charge in [-0.3, -0.25) is 13.9 Å². The van der Waals surface area contributed by atoms with E-state index in [1.807, 2.05) is 6.07 Å². The number of rotatable bonds is 0. The third-order valence-electron chi connectivity index (χ3n) is 3.96. The number of pyridine rings is 1. The van der Waals surface area contributed by atoms with Crippen molar-refractivity contribution in [2.75, 3.05) is 0 Å². The molecule has 0 spiro atoms. The third-order valence-corrected chi connectivity index (χ3v) is 3.96. The van der Waals surface area contributed by atoms with Crippen LogP contribution in [0.15, 0.2) is 15.7 Å². The van der Waals surface area contributed by atoms with E-state index in [4.69, 9.17) is 0 Å². The van der Waals surface area contributed by atoms with Gasteiger partial charge in [-0.15, -0.1) is 0 Å². The standard InChI is InChI=1S/C14H17N3O2/c1-16-12-10(13(18)17(2)14(16)19)8-9-6-4-3-5-7-11(9)15-12/h8H,3-7H2,1-2H3. The Morgan fingerprint density at radius 2 is 1.79 bits per heavy atom. The first-order valence-corrected chi connectivity index (χ1v) is 6.68. The van der Waals surface area contributed by atoms with Gasteiger partial charge in [-0.1, -0.05) is 6.42 Å². The van der Waals surface area contributed by atoms with Crippen molar-refractivity contribution in [1.29, 1.82) is 0 Å². The highest BCUT2D eigenvalue weighted by Crippen LogP contribution is 2.21. The molecule has 0 aromatic carbocycles. The van der Waals surface area contributed by atoms with Gasteiger partial charge >= 0.3 is 5.69 Å². The summed E-state index contributed by atoms with van der Waals surface area (Å²) in [5, 5.41) is 0.547. The van der Waals surface area contributed by atoms with Crippen molar-refractivity contribution in [2.24, 2.45) is 14.1 Å². The second kappa shape index (κ2) is 4.33. The summed E-state index contributed by atoms with van der Waals surface area (Å²) in [6.45, 7) is 0. The highest BCUT2D eigenvalue weighted by molar-refractivity contribution is 5.75. The van der Waals surface area contributed by atoms with Gasteiger partial charge in [0.25, 0.3) is 5.56 Å². The fourth-order valence-corrected chi connectivity index (χ4v) is 2.80. The first kappa shape index (κ1) is 12.1. The van der Waals surface area contributed by atoms with Gasteiger partial charge in [0.1, 0.15) is 5.65 Å². The van der Waals surface area contributed by atoms with Gasteiger partial charge in [0, 0.05) is 19.8 Å². The zero-order valence-electron chi connectivity index (χ0n) is 11.3. The molecule has 0 amide bonds. The van der Waals surface area contributed by atoms with Gasteiger partial charge in [0.15, 0.2) is 0 Å². The molecule has 0 atom stereocenters. The molecule has 3 rings (SSSR count). The van der Waals surface area contributed by atoms with Crippen molar-refractivity contribution in [3.05, 3.63) is 38.2 Å². The van der Waals surface area contributed by atoms with Gasteiger partial charge in [-0.2, -0.15) is 0 Å². The minimum Gasteiger partial charge on any atom is -0.280 e. The van der Waals surface area contributed by atoms with Crippen LogP contribution in [0.1, 0.15) is 30.5 Å². The second-order valence-corrected chi connectivity index (χ2v) is 5.23. The molecule has 0 N–H and O–H groups in total. The lowest BCUT2D eigenvalue weighted by atomic mass is 10.1. The Bertz CT molecular complexity index is 771. The Labute approximate surface area is 110 Å². The van der Waals surface area contributed by atoms with Crippen LogP contribution in [0.3, 0.4) is 0 Å². The Morgan fingerprint density at radius 1 is 1.05 bits per heavy atom. The molecule has 0 fully saturated rings. The molecule has 0 radical (unpaired) electrons. The monoisotopic (exact) mass is 259 g/mol. The molecule has 1 aliphatic rings. The normalized spacial score (nSPS) is 15.3. The van der Waals surface area contributed by atoms with Gasteiger partial charge in [0.05, 0.1) is 5.39 Å². The van der Waals surface area contributed by atoms with E-state index in [1.54, 1.807) is 7.05 Å². The van der Waals surface area contributed by atoms with Crippen molar-refractivity contribution in [3.63, 3.8) is 0 Å². The quantitative estimate of drug-likeness (QED) is 0.661. The number of hydrogen-bond donors (Lipinski definition) is 0. The number of nitrogens with zero attached hydrogens (tertiary/aromatic N) is 3. The lowest BCUT2D eigenvalue weighted by molar-refractivity contribution is 0.701. The molecule has 5 nitrogen and oxygen atoms in total. The Morgan fingerprint density at radius 3 is 2.58 bits per heavy atom. The molecule has 1 aliphatic carbocycles.